The van der Waals surface area contributed by atoms with E-state index in [9.17, 15) is 0 Å². The maximum absolute atomic E-state index is 3.99. The lowest BCUT2D eigenvalue weighted by Gasteiger charge is -2.23. The van der Waals surface area contributed by atoms with Crippen LogP contribution in [0.15, 0.2) is 61.9 Å². The largest absolute Gasteiger partial charge is 1.00 e. The van der Waals surface area contributed by atoms with Gasteiger partial charge in [-0.05, 0) is 51.3 Å². The Hall–Kier alpha value is -0.950. The lowest BCUT2D eigenvalue weighted by molar-refractivity contribution is -0.671. The molecule has 0 unspecified atom stereocenters. The molecular weight excluding hydrogens is 461 g/mol. The van der Waals surface area contributed by atoms with E-state index in [4.69, 9.17) is 0 Å². The standard InChI is InChI=1S/C16H26P.C9H12N.BrH.ClH/c1-6-17(7-2,8-3)13-15-9-11-16(12-10-15)14(4)5;1-8(2)9-4-6-10(3)7-5-9;;/h9-12H,4,6-8,13H2,1-3,5H3;4-7H,1H2,2-3H3;2*1H/q2*+1;;/p-2. The van der Waals surface area contributed by atoms with Gasteiger partial charge in [0.05, 0.1) is 24.6 Å². The molecule has 0 atom stereocenters. The summed E-state index contributed by atoms with van der Waals surface area (Å²) in [6, 6.07) is 13.1. The molecule has 0 N–H and O–H groups in total. The Morgan fingerprint density at radius 3 is 1.52 bits per heavy atom. The summed E-state index contributed by atoms with van der Waals surface area (Å²) in [7, 11) is 1.28. The van der Waals surface area contributed by atoms with Crippen LogP contribution in [0.5, 0.6) is 0 Å². The van der Waals surface area contributed by atoms with E-state index >= 15 is 0 Å². The fourth-order valence-electron chi connectivity index (χ4n) is 3.07. The molecule has 0 aliphatic carbocycles. The van der Waals surface area contributed by atoms with Crippen LogP contribution >= 0.6 is 7.26 Å². The van der Waals surface area contributed by atoms with Crippen molar-refractivity contribution in [2.45, 2.75) is 40.8 Å². The highest BCUT2D eigenvalue weighted by Gasteiger charge is 2.31. The summed E-state index contributed by atoms with van der Waals surface area (Å²) in [4.78, 5) is 0. The van der Waals surface area contributed by atoms with Crippen LogP contribution in [0.4, 0.5) is 0 Å². The van der Waals surface area contributed by atoms with Crippen LogP contribution in [0.1, 0.15) is 51.3 Å². The Balaban J connectivity index is 0. The van der Waals surface area contributed by atoms with Crippen LogP contribution < -0.4 is 34.0 Å². The molecule has 2 aromatic rings. The second-order valence-corrected chi connectivity index (χ2v) is 12.4. The van der Waals surface area contributed by atoms with Crippen molar-refractivity contribution in [2.24, 2.45) is 7.05 Å². The van der Waals surface area contributed by atoms with E-state index in [1.54, 1.807) is 0 Å². The maximum Gasteiger partial charge on any atom is 0.169 e. The molecule has 162 valence electrons. The molecule has 2 rings (SSSR count). The van der Waals surface area contributed by atoms with E-state index < -0.39 is 7.26 Å². The van der Waals surface area contributed by atoms with E-state index in [0.29, 0.717) is 0 Å². The molecule has 0 saturated carbocycles. The molecule has 0 radical (unpaired) electrons. The minimum atomic E-state index is -0.722. The van der Waals surface area contributed by atoms with Gasteiger partial charge in [0.25, 0.3) is 0 Å². The fraction of sp³-hybridized carbons (Fsp3) is 0.400. The predicted molar refractivity (Wildman–Crippen MR) is 126 cm³/mol. The molecule has 1 heterocycles. The molecular formula is C25H38BrClNP. The third-order valence-electron chi connectivity index (χ3n) is 5.45. The molecule has 0 aliphatic heterocycles. The number of hydrogen-bond donors (Lipinski definition) is 0. The first-order valence-electron chi connectivity index (χ1n) is 9.98. The summed E-state index contributed by atoms with van der Waals surface area (Å²) in [6.07, 6.45) is 9.48. The van der Waals surface area contributed by atoms with E-state index in [1.165, 1.54) is 41.3 Å². The number of pyridine rings is 1. The minimum absolute atomic E-state index is 0. The average molecular weight is 499 g/mol. The van der Waals surface area contributed by atoms with Gasteiger partial charge in [-0.15, -0.1) is 0 Å². The minimum Gasteiger partial charge on any atom is -1.00 e. The Morgan fingerprint density at radius 2 is 1.17 bits per heavy atom. The number of allylic oxidation sites excluding steroid dienone is 2. The van der Waals surface area contributed by atoms with Gasteiger partial charge in [0.1, 0.15) is 7.05 Å². The maximum atomic E-state index is 3.99. The average Bonchev–Trinajstić information content (AvgIpc) is 2.67. The second-order valence-electron chi connectivity index (χ2n) is 7.46. The number of benzene rings is 1. The highest BCUT2D eigenvalue weighted by Crippen LogP contribution is 2.60. The Kier molecular flexibility index (Phi) is 15.6. The number of rotatable bonds is 7. The van der Waals surface area contributed by atoms with Gasteiger partial charge in [0.15, 0.2) is 12.4 Å². The van der Waals surface area contributed by atoms with Gasteiger partial charge in [0, 0.05) is 19.4 Å². The van der Waals surface area contributed by atoms with Crippen molar-refractivity contribution in [1.82, 2.24) is 0 Å². The van der Waals surface area contributed by atoms with Gasteiger partial charge >= 0.3 is 0 Å². The van der Waals surface area contributed by atoms with Crippen LogP contribution in [0.25, 0.3) is 11.1 Å². The predicted octanol–water partition coefficient (Wildman–Crippen LogP) is 0.849. The zero-order valence-electron chi connectivity index (χ0n) is 19.0. The quantitative estimate of drug-likeness (QED) is 0.394. The molecule has 0 amide bonds. The van der Waals surface area contributed by atoms with Gasteiger partial charge in [0.2, 0.25) is 0 Å². The van der Waals surface area contributed by atoms with Crippen molar-refractivity contribution in [3.05, 3.63) is 78.6 Å². The summed E-state index contributed by atoms with van der Waals surface area (Å²) in [6.45, 7) is 19.0. The lowest BCUT2D eigenvalue weighted by Crippen LogP contribution is -3.00. The molecule has 0 bridgehead atoms. The highest BCUT2D eigenvalue weighted by molar-refractivity contribution is 7.75. The number of halogens is 2. The third kappa shape index (κ3) is 10.1. The molecule has 0 saturated heterocycles. The molecule has 0 spiro atoms. The molecule has 0 fully saturated rings. The van der Waals surface area contributed by atoms with Crippen molar-refractivity contribution < 1.29 is 34.0 Å². The van der Waals surface area contributed by atoms with Crippen molar-refractivity contribution >= 4 is 18.4 Å². The van der Waals surface area contributed by atoms with E-state index in [0.717, 1.165) is 11.1 Å². The van der Waals surface area contributed by atoms with Gasteiger partial charge in [-0.2, -0.15) is 0 Å². The van der Waals surface area contributed by atoms with Crippen molar-refractivity contribution in [3.8, 4) is 0 Å². The summed E-state index contributed by atoms with van der Waals surface area (Å²) >= 11 is 0. The van der Waals surface area contributed by atoms with Crippen LogP contribution in [0.3, 0.4) is 0 Å². The Morgan fingerprint density at radius 1 is 0.793 bits per heavy atom. The summed E-state index contributed by atoms with van der Waals surface area (Å²) in [5, 5.41) is 0. The number of aromatic nitrogens is 1. The van der Waals surface area contributed by atoms with E-state index in [-0.39, 0.29) is 29.4 Å². The van der Waals surface area contributed by atoms with E-state index in [1.807, 2.05) is 30.9 Å². The topological polar surface area (TPSA) is 3.88 Å². The first-order valence-corrected chi connectivity index (χ1v) is 12.5. The van der Waals surface area contributed by atoms with E-state index in [2.05, 4.69) is 77.3 Å². The summed E-state index contributed by atoms with van der Waals surface area (Å²) in [5.74, 6) is 0. The molecule has 1 aromatic heterocycles. The first-order chi connectivity index (χ1) is 12.8. The van der Waals surface area contributed by atoms with Gasteiger partial charge in [-0.1, -0.05) is 48.6 Å². The van der Waals surface area contributed by atoms with Crippen LogP contribution in [-0.4, -0.2) is 18.5 Å². The summed E-state index contributed by atoms with van der Waals surface area (Å²) in [5.41, 5.74) is 6.24. The zero-order valence-corrected chi connectivity index (χ0v) is 22.2. The second kappa shape index (κ2) is 14.9. The highest BCUT2D eigenvalue weighted by atomic mass is 79.9. The number of hydrogen-bond acceptors (Lipinski definition) is 0. The zero-order chi connectivity index (χ0) is 20.4. The molecule has 29 heavy (non-hydrogen) atoms. The normalized spacial score (nSPS) is 10.0. The monoisotopic (exact) mass is 497 g/mol. The smallest absolute Gasteiger partial charge is 0.169 e. The SMILES string of the molecule is C=C(C)c1cc[n+](C)cc1.C=C(C)c1ccc(C[P+](CC)(CC)CC)cc1.[Br-].[Cl-]. The molecule has 0 aliphatic rings. The molecule has 4 heteroatoms. The first kappa shape index (κ1) is 30.2. The van der Waals surface area contributed by atoms with Crippen LogP contribution in [0, 0.1) is 0 Å². The third-order valence-corrected chi connectivity index (χ3v) is 10.5. The molecule has 1 aromatic carbocycles. The van der Waals surface area contributed by atoms with Crippen molar-refractivity contribution in [2.75, 3.05) is 18.5 Å². The summed E-state index contributed by atoms with van der Waals surface area (Å²) < 4.78 is 2.01. The van der Waals surface area contributed by atoms with Crippen LogP contribution in [0.2, 0.25) is 0 Å². The Bertz CT molecular complexity index is 726. The van der Waals surface area contributed by atoms with Gasteiger partial charge < -0.3 is 29.4 Å². The van der Waals surface area contributed by atoms with Crippen molar-refractivity contribution in [1.29, 1.82) is 0 Å². The fourth-order valence-corrected chi connectivity index (χ4v) is 6.07. The number of aryl methyl sites for hydroxylation is 1. The molecule has 1 nitrogen and oxygen atoms in total. The number of nitrogens with zero attached hydrogens (tertiary/aromatic N) is 1. The Labute approximate surface area is 196 Å². The van der Waals surface area contributed by atoms with Crippen LogP contribution in [-0.2, 0) is 13.2 Å². The van der Waals surface area contributed by atoms with Crippen molar-refractivity contribution in [3.63, 3.8) is 0 Å². The lowest BCUT2D eigenvalue weighted by atomic mass is 10.1. The van der Waals surface area contributed by atoms with Gasteiger partial charge in [-0.3, -0.25) is 0 Å². The van der Waals surface area contributed by atoms with Gasteiger partial charge in [-0.25, -0.2) is 4.57 Å².